The third-order valence-corrected chi connectivity index (χ3v) is 4.65. The minimum Gasteiger partial charge on any atom is -0.370 e. The molecular formula is C20H30IN5O. The van der Waals surface area contributed by atoms with Crippen LogP contribution >= 0.6 is 24.0 Å². The van der Waals surface area contributed by atoms with Gasteiger partial charge in [-0.1, -0.05) is 29.3 Å². The van der Waals surface area contributed by atoms with Gasteiger partial charge in [-0.05, 0) is 25.8 Å². The average molecular weight is 483 g/mol. The number of aliphatic imine (C=N–C) groups is 1. The largest absolute Gasteiger partial charge is 0.370 e. The molecule has 0 spiro atoms. The van der Waals surface area contributed by atoms with E-state index in [1.807, 2.05) is 31.2 Å². The van der Waals surface area contributed by atoms with E-state index in [-0.39, 0.29) is 30.1 Å². The smallest absolute Gasteiger partial charge is 0.193 e. The van der Waals surface area contributed by atoms with Gasteiger partial charge in [-0.2, -0.15) is 5.10 Å². The molecule has 1 aromatic heterocycles. The highest BCUT2D eigenvalue weighted by atomic mass is 127. The fourth-order valence-electron chi connectivity index (χ4n) is 3.51. The fourth-order valence-corrected chi connectivity index (χ4v) is 3.51. The molecule has 0 amide bonds. The number of aryl methyl sites for hydroxylation is 3. The van der Waals surface area contributed by atoms with E-state index in [9.17, 15) is 0 Å². The van der Waals surface area contributed by atoms with E-state index >= 15 is 0 Å². The summed E-state index contributed by atoms with van der Waals surface area (Å²) >= 11 is 0. The molecule has 1 unspecified atom stereocenters. The molecule has 0 radical (unpaired) electrons. The summed E-state index contributed by atoms with van der Waals surface area (Å²) in [6, 6.07) is 6.72. The van der Waals surface area contributed by atoms with Gasteiger partial charge >= 0.3 is 0 Å². The highest BCUT2D eigenvalue weighted by Gasteiger charge is 2.24. The highest BCUT2D eigenvalue weighted by Crippen LogP contribution is 2.21. The second-order valence-electron chi connectivity index (χ2n) is 6.97. The van der Waals surface area contributed by atoms with Crippen LogP contribution in [0, 0.1) is 13.8 Å². The number of hydrogen-bond donors (Lipinski definition) is 1. The molecule has 2 aromatic rings. The van der Waals surface area contributed by atoms with Gasteiger partial charge in [0.25, 0.3) is 0 Å². The van der Waals surface area contributed by atoms with Crippen molar-refractivity contribution in [1.29, 1.82) is 0 Å². The van der Waals surface area contributed by atoms with Crippen molar-refractivity contribution in [2.24, 2.45) is 12.0 Å². The number of guanidine groups is 1. The van der Waals surface area contributed by atoms with Crippen LogP contribution in [0.15, 0.2) is 35.6 Å². The number of halogens is 1. The summed E-state index contributed by atoms with van der Waals surface area (Å²) < 4.78 is 7.74. The van der Waals surface area contributed by atoms with E-state index in [1.54, 1.807) is 0 Å². The zero-order valence-electron chi connectivity index (χ0n) is 16.6. The van der Waals surface area contributed by atoms with Crippen LogP contribution in [0.2, 0.25) is 0 Å². The number of nitrogens with one attached hydrogen (secondary N) is 1. The molecule has 1 aliphatic heterocycles. The van der Waals surface area contributed by atoms with Crippen LogP contribution in [0.3, 0.4) is 0 Å². The predicted octanol–water partition coefficient (Wildman–Crippen LogP) is 2.85. The summed E-state index contributed by atoms with van der Waals surface area (Å²) in [7, 11) is 3.77. The Labute approximate surface area is 179 Å². The van der Waals surface area contributed by atoms with Crippen molar-refractivity contribution in [1.82, 2.24) is 20.0 Å². The van der Waals surface area contributed by atoms with Crippen LogP contribution in [-0.4, -0.2) is 53.9 Å². The van der Waals surface area contributed by atoms with Crippen molar-refractivity contribution >= 4 is 29.9 Å². The van der Waals surface area contributed by atoms with Gasteiger partial charge in [-0.15, -0.1) is 24.0 Å². The molecule has 0 aliphatic carbocycles. The summed E-state index contributed by atoms with van der Waals surface area (Å²) in [6.45, 7) is 7.49. The molecule has 2 heterocycles. The lowest BCUT2D eigenvalue weighted by molar-refractivity contribution is -0.00800. The first kappa shape index (κ1) is 21.7. The van der Waals surface area contributed by atoms with Crippen LogP contribution in [0.4, 0.5) is 0 Å². The molecule has 7 heteroatoms. The van der Waals surface area contributed by atoms with Gasteiger partial charge in [0.2, 0.25) is 0 Å². The summed E-state index contributed by atoms with van der Waals surface area (Å²) in [5, 5.41) is 7.75. The molecule has 1 saturated heterocycles. The van der Waals surface area contributed by atoms with E-state index in [0.29, 0.717) is 6.61 Å². The van der Waals surface area contributed by atoms with Crippen molar-refractivity contribution in [3.63, 3.8) is 0 Å². The van der Waals surface area contributed by atoms with Crippen LogP contribution in [0.5, 0.6) is 0 Å². The number of morpholine rings is 1. The number of benzene rings is 1. The van der Waals surface area contributed by atoms with Crippen LogP contribution in [-0.2, 0) is 18.2 Å². The maximum Gasteiger partial charge on any atom is 0.193 e. The third-order valence-electron chi connectivity index (χ3n) is 4.65. The Morgan fingerprint density at radius 2 is 2.04 bits per heavy atom. The van der Waals surface area contributed by atoms with Gasteiger partial charge in [0, 0.05) is 38.9 Å². The normalized spacial score (nSPS) is 17.6. The lowest BCUT2D eigenvalue weighted by Crippen LogP contribution is -2.48. The zero-order valence-corrected chi connectivity index (χ0v) is 18.9. The molecule has 6 nitrogen and oxygen atoms in total. The Kier molecular flexibility index (Phi) is 8.09. The van der Waals surface area contributed by atoms with Crippen LogP contribution in [0.25, 0.3) is 0 Å². The van der Waals surface area contributed by atoms with Crippen molar-refractivity contribution in [2.45, 2.75) is 26.4 Å². The molecule has 1 aromatic carbocycles. The number of hydrogen-bond acceptors (Lipinski definition) is 3. The molecule has 1 N–H and O–H groups in total. The standard InChI is InChI=1S/C20H29N5O.HI/c1-15-9-16(2)11-17(10-15)5-6-22-20(21-3)25-7-8-26-19(14-25)18-12-23-24(4)13-18;/h9-13,19H,5-8,14H2,1-4H3,(H,21,22);1H. The van der Waals surface area contributed by atoms with Gasteiger partial charge in [0.15, 0.2) is 5.96 Å². The molecule has 27 heavy (non-hydrogen) atoms. The molecule has 3 rings (SSSR count). The van der Waals surface area contributed by atoms with Crippen molar-refractivity contribution in [3.8, 4) is 0 Å². The summed E-state index contributed by atoms with van der Waals surface area (Å²) in [5.41, 5.74) is 5.11. The molecular weight excluding hydrogens is 453 g/mol. The van der Waals surface area contributed by atoms with E-state index in [1.165, 1.54) is 16.7 Å². The zero-order chi connectivity index (χ0) is 18.5. The van der Waals surface area contributed by atoms with Gasteiger partial charge in [-0.25, -0.2) is 0 Å². The Morgan fingerprint density at radius 3 is 2.67 bits per heavy atom. The number of nitrogens with zero attached hydrogens (tertiary/aromatic N) is 4. The summed E-state index contributed by atoms with van der Waals surface area (Å²) in [5.74, 6) is 0.937. The van der Waals surface area contributed by atoms with Crippen molar-refractivity contribution in [2.75, 3.05) is 33.3 Å². The first-order chi connectivity index (χ1) is 12.5. The van der Waals surface area contributed by atoms with Gasteiger partial charge in [-0.3, -0.25) is 9.67 Å². The predicted molar refractivity (Wildman–Crippen MR) is 120 cm³/mol. The van der Waals surface area contributed by atoms with Crippen LogP contribution in [0.1, 0.15) is 28.4 Å². The molecule has 0 bridgehead atoms. The van der Waals surface area contributed by atoms with Crippen molar-refractivity contribution < 1.29 is 4.74 Å². The second kappa shape index (κ2) is 10.1. The summed E-state index contributed by atoms with van der Waals surface area (Å²) in [4.78, 5) is 6.73. The first-order valence-electron chi connectivity index (χ1n) is 9.18. The Bertz CT molecular complexity index is 753. The lowest BCUT2D eigenvalue weighted by Gasteiger charge is -2.34. The molecule has 1 aliphatic rings. The Morgan fingerprint density at radius 1 is 1.30 bits per heavy atom. The van der Waals surface area contributed by atoms with E-state index in [4.69, 9.17) is 4.74 Å². The lowest BCUT2D eigenvalue weighted by atomic mass is 10.1. The summed E-state index contributed by atoms with van der Waals surface area (Å²) in [6.07, 6.45) is 4.92. The average Bonchev–Trinajstić information content (AvgIpc) is 3.04. The number of ether oxygens (including phenoxy) is 1. The topological polar surface area (TPSA) is 54.7 Å². The Hall–Kier alpha value is -1.61. The molecule has 0 saturated carbocycles. The minimum absolute atomic E-state index is 0. The van der Waals surface area contributed by atoms with E-state index in [2.05, 4.69) is 52.4 Å². The van der Waals surface area contributed by atoms with Crippen molar-refractivity contribution in [3.05, 3.63) is 52.8 Å². The minimum atomic E-state index is 0. The fraction of sp³-hybridized carbons (Fsp3) is 0.500. The first-order valence-corrected chi connectivity index (χ1v) is 9.18. The SMILES string of the molecule is CN=C(NCCc1cc(C)cc(C)c1)N1CCOC(c2cnn(C)c2)C1.I. The van der Waals surface area contributed by atoms with Gasteiger partial charge < -0.3 is 15.0 Å². The maximum absolute atomic E-state index is 5.92. The monoisotopic (exact) mass is 483 g/mol. The quantitative estimate of drug-likeness (QED) is 0.413. The number of rotatable bonds is 4. The highest BCUT2D eigenvalue weighted by molar-refractivity contribution is 14.0. The Balaban J connectivity index is 0.00000261. The third kappa shape index (κ3) is 5.93. The van der Waals surface area contributed by atoms with E-state index in [0.717, 1.165) is 37.6 Å². The molecule has 1 atom stereocenters. The number of aromatic nitrogens is 2. The van der Waals surface area contributed by atoms with Crippen LogP contribution < -0.4 is 5.32 Å². The second-order valence-corrected chi connectivity index (χ2v) is 6.97. The molecule has 148 valence electrons. The van der Waals surface area contributed by atoms with Gasteiger partial charge in [0.1, 0.15) is 6.10 Å². The maximum atomic E-state index is 5.92. The van der Waals surface area contributed by atoms with Gasteiger partial charge in [0.05, 0.1) is 19.3 Å². The molecule has 1 fully saturated rings. The van der Waals surface area contributed by atoms with E-state index < -0.39 is 0 Å².